The molecule has 1 N–H and O–H groups in total. The van der Waals surface area contributed by atoms with Crippen molar-refractivity contribution in [1.82, 2.24) is 0 Å². The van der Waals surface area contributed by atoms with Crippen LogP contribution in [0.2, 0.25) is 0 Å². The van der Waals surface area contributed by atoms with E-state index < -0.39 is 0 Å². The zero-order valence-electron chi connectivity index (χ0n) is 9.40. The summed E-state index contributed by atoms with van der Waals surface area (Å²) in [5.41, 5.74) is 5.26. The van der Waals surface area contributed by atoms with Crippen molar-refractivity contribution < 1.29 is 5.11 Å². The van der Waals surface area contributed by atoms with Crippen LogP contribution in [0.15, 0.2) is 0 Å². The van der Waals surface area contributed by atoms with Crippen molar-refractivity contribution in [2.75, 3.05) is 0 Å². The van der Waals surface area contributed by atoms with Gasteiger partial charge in [0, 0.05) is 0 Å². The molecule has 0 bridgehead atoms. The average molecular weight is 213 g/mol. The van der Waals surface area contributed by atoms with Gasteiger partial charge in [0.05, 0.1) is 5.38 Å². The first-order valence-electron chi connectivity index (χ1n) is 4.81. The van der Waals surface area contributed by atoms with Gasteiger partial charge in [-0.15, -0.1) is 11.6 Å². The molecule has 0 aliphatic carbocycles. The van der Waals surface area contributed by atoms with Gasteiger partial charge in [-0.05, 0) is 62.4 Å². The molecule has 0 saturated heterocycles. The highest BCUT2D eigenvalue weighted by Gasteiger charge is 2.16. The van der Waals surface area contributed by atoms with E-state index >= 15 is 0 Å². The Balaban J connectivity index is 3.60. The van der Waals surface area contributed by atoms with Crippen LogP contribution < -0.4 is 0 Å². The molecule has 1 unspecified atom stereocenters. The third-order valence-corrected chi connectivity index (χ3v) is 3.26. The largest absolute Gasteiger partial charge is 0.507 e. The average Bonchev–Trinajstić information content (AvgIpc) is 2.11. The molecular formula is C12H17ClO. The van der Waals surface area contributed by atoms with E-state index in [-0.39, 0.29) is 5.38 Å². The second kappa shape index (κ2) is 3.82. The van der Waals surface area contributed by atoms with Gasteiger partial charge in [-0.2, -0.15) is 0 Å². The number of aromatic hydroxyl groups is 1. The monoisotopic (exact) mass is 212 g/mol. The molecule has 2 heteroatoms. The summed E-state index contributed by atoms with van der Waals surface area (Å²) >= 11 is 6.10. The molecule has 1 nitrogen and oxygen atoms in total. The van der Waals surface area contributed by atoms with Gasteiger partial charge in [-0.3, -0.25) is 0 Å². The van der Waals surface area contributed by atoms with Gasteiger partial charge >= 0.3 is 0 Å². The van der Waals surface area contributed by atoms with Gasteiger partial charge in [-0.25, -0.2) is 0 Å². The quantitative estimate of drug-likeness (QED) is 0.700. The number of alkyl halides is 1. The minimum Gasteiger partial charge on any atom is -0.507 e. The van der Waals surface area contributed by atoms with Crippen LogP contribution >= 0.6 is 11.6 Å². The zero-order valence-corrected chi connectivity index (χ0v) is 10.2. The highest BCUT2D eigenvalue weighted by molar-refractivity contribution is 6.20. The number of phenols is 1. The summed E-state index contributed by atoms with van der Waals surface area (Å²) in [5, 5.41) is 9.83. The lowest BCUT2D eigenvalue weighted by molar-refractivity contribution is 0.465. The van der Waals surface area contributed by atoms with Gasteiger partial charge in [0.15, 0.2) is 0 Å². The van der Waals surface area contributed by atoms with Crippen molar-refractivity contribution in [2.45, 2.75) is 40.0 Å². The van der Waals surface area contributed by atoms with Crippen LogP contribution in [0, 0.1) is 27.7 Å². The van der Waals surface area contributed by atoms with E-state index in [1.54, 1.807) is 0 Å². The van der Waals surface area contributed by atoms with E-state index in [4.69, 9.17) is 11.6 Å². The Bertz CT molecular complexity index is 338. The summed E-state index contributed by atoms with van der Waals surface area (Å²) in [5.74, 6) is 0.385. The first-order valence-corrected chi connectivity index (χ1v) is 5.24. The summed E-state index contributed by atoms with van der Waals surface area (Å²) in [6.07, 6.45) is 0. The van der Waals surface area contributed by atoms with E-state index in [0.29, 0.717) is 5.75 Å². The van der Waals surface area contributed by atoms with Crippen LogP contribution in [0.1, 0.15) is 40.1 Å². The molecule has 1 aromatic rings. The molecule has 1 aromatic carbocycles. The molecule has 0 aliphatic heterocycles. The van der Waals surface area contributed by atoms with Gasteiger partial charge in [0.2, 0.25) is 0 Å². The highest BCUT2D eigenvalue weighted by Crippen LogP contribution is 2.36. The van der Waals surface area contributed by atoms with Gasteiger partial charge < -0.3 is 5.11 Å². The van der Waals surface area contributed by atoms with E-state index in [1.165, 1.54) is 5.56 Å². The molecule has 0 aromatic heterocycles. The maximum Gasteiger partial charge on any atom is 0.121 e. The fourth-order valence-corrected chi connectivity index (χ4v) is 2.27. The maximum atomic E-state index is 9.88. The Kier molecular flexibility index (Phi) is 3.10. The normalized spacial score (nSPS) is 13.0. The van der Waals surface area contributed by atoms with E-state index in [1.807, 2.05) is 27.7 Å². The molecule has 14 heavy (non-hydrogen) atoms. The molecule has 0 heterocycles. The summed E-state index contributed by atoms with van der Waals surface area (Å²) in [7, 11) is 0. The Morgan fingerprint density at radius 1 is 0.929 bits per heavy atom. The standard InChI is InChI=1S/C12H17ClO/c1-6-7(2)11(10(5)13)9(4)12(14)8(6)3/h10,14H,1-5H3. The lowest BCUT2D eigenvalue weighted by atomic mass is 9.91. The first-order chi connectivity index (χ1) is 6.37. The molecule has 0 spiro atoms. The lowest BCUT2D eigenvalue weighted by Gasteiger charge is -2.18. The number of rotatable bonds is 1. The molecule has 78 valence electrons. The second-order valence-electron chi connectivity index (χ2n) is 3.88. The van der Waals surface area contributed by atoms with Gasteiger partial charge in [0.1, 0.15) is 5.75 Å². The number of hydrogen-bond donors (Lipinski definition) is 1. The molecule has 0 fully saturated rings. The number of benzene rings is 1. The molecule has 0 aliphatic rings. The molecule has 0 saturated carbocycles. The van der Waals surface area contributed by atoms with Crippen LogP contribution in [0.5, 0.6) is 5.75 Å². The van der Waals surface area contributed by atoms with Crippen molar-refractivity contribution in [3.8, 4) is 5.75 Å². The highest BCUT2D eigenvalue weighted by atomic mass is 35.5. The first kappa shape index (κ1) is 11.4. The molecule has 0 amide bonds. The summed E-state index contributed by atoms with van der Waals surface area (Å²) < 4.78 is 0. The third kappa shape index (κ3) is 1.61. The van der Waals surface area contributed by atoms with Crippen molar-refractivity contribution in [1.29, 1.82) is 0 Å². The Morgan fingerprint density at radius 3 is 1.86 bits per heavy atom. The second-order valence-corrected chi connectivity index (χ2v) is 4.53. The minimum atomic E-state index is -0.0554. The Hall–Kier alpha value is -0.690. The van der Waals surface area contributed by atoms with Crippen LogP contribution in [-0.4, -0.2) is 5.11 Å². The summed E-state index contributed by atoms with van der Waals surface area (Å²) in [6, 6.07) is 0. The van der Waals surface area contributed by atoms with Gasteiger partial charge in [-0.1, -0.05) is 0 Å². The van der Waals surface area contributed by atoms with Crippen LogP contribution in [-0.2, 0) is 0 Å². The van der Waals surface area contributed by atoms with Crippen LogP contribution in [0.3, 0.4) is 0 Å². The van der Waals surface area contributed by atoms with Crippen molar-refractivity contribution in [3.63, 3.8) is 0 Å². The fourth-order valence-electron chi connectivity index (χ4n) is 1.95. The number of halogens is 1. The third-order valence-electron chi connectivity index (χ3n) is 3.04. The summed E-state index contributed by atoms with van der Waals surface area (Å²) in [4.78, 5) is 0. The van der Waals surface area contributed by atoms with Crippen molar-refractivity contribution in [2.24, 2.45) is 0 Å². The van der Waals surface area contributed by atoms with Crippen LogP contribution in [0.4, 0.5) is 0 Å². The fraction of sp³-hybridized carbons (Fsp3) is 0.500. The van der Waals surface area contributed by atoms with E-state index in [9.17, 15) is 5.11 Å². The summed E-state index contributed by atoms with van der Waals surface area (Å²) in [6.45, 7) is 9.87. The lowest BCUT2D eigenvalue weighted by Crippen LogP contribution is -2.00. The Labute approximate surface area is 90.7 Å². The predicted molar refractivity (Wildman–Crippen MR) is 61.3 cm³/mol. The zero-order chi connectivity index (χ0) is 11.0. The Morgan fingerprint density at radius 2 is 1.43 bits per heavy atom. The molecular weight excluding hydrogens is 196 g/mol. The van der Waals surface area contributed by atoms with Crippen molar-refractivity contribution in [3.05, 3.63) is 27.8 Å². The SMILES string of the molecule is Cc1c(C)c(O)c(C)c(C(C)Cl)c1C. The van der Waals surface area contributed by atoms with Crippen LogP contribution in [0.25, 0.3) is 0 Å². The van der Waals surface area contributed by atoms with Gasteiger partial charge in [0.25, 0.3) is 0 Å². The predicted octanol–water partition coefficient (Wildman–Crippen LogP) is 3.93. The number of hydrogen-bond acceptors (Lipinski definition) is 1. The van der Waals surface area contributed by atoms with E-state index in [0.717, 1.165) is 22.3 Å². The number of phenolic OH excluding ortho intramolecular Hbond substituents is 1. The van der Waals surface area contributed by atoms with Crippen molar-refractivity contribution >= 4 is 11.6 Å². The molecule has 1 rings (SSSR count). The molecule has 0 radical (unpaired) electrons. The smallest absolute Gasteiger partial charge is 0.121 e. The topological polar surface area (TPSA) is 20.2 Å². The maximum absolute atomic E-state index is 9.88. The molecule has 1 atom stereocenters. The minimum absolute atomic E-state index is 0.0554. The van der Waals surface area contributed by atoms with E-state index in [2.05, 4.69) is 6.92 Å².